The van der Waals surface area contributed by atoms with E-state index < -0.39 is 0 Å². The standard InChI is InChI=1S/C16H28N2O3/c1-6-18(9-10-19-3)12-14(17-2)13-7-8-15(20-4)16(11-13)21-5/h7-8,11,14,17H,6,9-10,12H2,1-5H3. The number of rotatable bonds is 10. The van der Waals surface area contributed by atoms with Gasteiger partial charge in [0.2, 0.25) is 0 Å². The van der Waals surface area contributed by atoms with Gasteiger partial charge in [0.15, 0.2) is 11.5 Å². The van der Waals surface area contributed by atoms with Gasteiger partial charge >= 0.3 is 0 Å². The molecule has 0 spiro atoms. The van der Waals surface area contributed by atoms with E-state index in [0.29, 0.717) is 0 Å². The van der Waals surface area contributed by atoms with Gasteiger partial charge in [-0.25, -0.2) is 0 Å². The van der Waals surface area contributed by atoms with E-state index in [2.05, 4.69) is 23.2 Å². The molecule has 1 unspecified atom stereocenters. The molecule has 1 aromatic carbocycles. The first-order chi connectivity index (χ1) is 10.2. The van der Waals surface area contributed by atoms with Crippen LogP contribution in [0.25, 0.3) is 0 Å². The molecule has 0 aromatic heterocycles. The Hall–Kier alpha value is -1.30. The van der Waals surface area contributed by atoms with Crippen LogP contribution in [0.15, 0.2) is 18.2 Å². The predicted octanol–water partition coefficient (Wildman–Crippen LogP) is 1.93. The minimum absolute atomic E-state index is 0.238. The van der Waals surface area contributed by atoms with E-state index in [-0.39, 0.29) is 6.04 Å². The Kier molecular flexibility index (Phi) is 8.12. The summed E-state index contributed by atoms with van der Waals surface area (Å²) in [5.74, 6) is 1.51. The van der Waals surface area contributed by atoms with Crippen LogP contribution in [0.4, 0.5) is 0 Å². The largest absolute Gasteiger partial charge is 0.493 e. The lowest BCUT2D eigenvalue weighted by molar-refractivity contribution is 0.144. The smallest absolute Gasteiger partial charge is 0.161 e. The molecule has 5 heteroatoms. The molecule has 1 atom stereocenters. The van der Waals surface area contributed by atoms with E-state index in [0.717, 1.165) is 37.7 Å². The Labute approximate surface area is 128 Å². The summed E-state index contributed by atoms with van der Waals surface area (Å²) in [7, 11) is 7.02. The third-order valence-corrected chi connectivity index (χ3v) is 3.66. The summed E-state index contributed by atoms with van der Waals surface area (Å²) in [6.07, 6.45) is 0. The Morgan fingerprint density at radius 2 is 1.86 bits per heavy atom. The number of likely N-dealkylation sites (N-methyl/N-ethyl adjacent to an activating group) is 2. The molecule has 0 heterocycles. The highest BCUT2D eigenvalue weighted by molar-refractivity contribution is 5.43. The normalized spacial score (nSPS) is 12.5. The average molecular weight is 296 g/mol. The van der Waals surface area contributed by atoms with E-state index in [4.69, 9.17) is 14.2 Å². The number of nitrogens with one attached hydrogen (secondary N) is 1. The zero-order valence-electron chi connectivity index (χ0n) is 13.8. The summed E-state index contributed by atoms with van der Waals surface area (Å²) in [4.78, 5) is 2.36. The van der Waals surface area contributed by atoms with Crippen molar-refractivity contribution in [2.45, 2.75) is 13.0 Å². The first kappa shape index (κ1) is 17.8. The summed E-state index contributed by atoms with van der Waals surface area (Å²) in [6.45, 7) is 5.76. The van der Waals surface area contributed by atoms with Crippen molar-refractivity contribution in [3.63, 3.8) is 0 Å². The Balaban J connectivity index is 2.83. The van der Waals surface area contributed by atoms with Crippen LogP contribution in [0.3, 0.4) is 0 Å². The van der Waals surface area contributed by atoms with Crippen molar-refractivity contribution in [2.75, 3.05) is 54.6 Å². The predicted molar refractivity (Wildman–Crippen MR) is 85.3 cm³/mol. The van der Waals surface area contributed by atoms with Crippen molar-refractivity contribution in [1.82, 2.24) is 10.2 Å². The molecule has 0 aliphatic carbocycles. The van der Waals surface area contributed by atoms with E-state index in [1.807, 2.05) is 19.2 Å². The molecular weight excluding hydrogens is 268 g/mol. The van der Waals surface area contributed by atoms with Gasteiger partial charge in [-0.05, 0) is 31.3 Å². The fraction of sp³-hybridized carbons (Fsp3) is 0.625. The second-order valence-electron chi connectivity index (χ2n) is 4.84. The maximum absolute atomic E-state index is 5.38. The van der Waals surface area contributed by atoms with Crippen LogP contribution in [-0.2, 0) is 4.74 Å². The van der Waals surface area contributed by atoms with Gasteiger partial charge in [0.05, 0.1) is 20.8 Å². The highest BCUT2D eigenvalue weighted by Gasteiger charge is 2.15. The lowest BCUT2D eigenvalue weighted by Crippen LogP contribution is -2.35. The van der Waals surface area contributed by atoms with Crippen LogP contribution in [0, 0.1) is 0 Å². The third-order valence-electron chi connectivity index (χ3n) is 3.66. The van der Waals surface area contributed by atoms with Crippen molar-refractivity contribution >= 4 is 0 Å². The lowest BCUT2D eigenvalue weighted by Gasteiger charge is -2.26. The second kappa shape index (κ2) is 9.60. The van der Waals surface area contributed by atoms with Crippen LogP contribution >= 0.6 is 0 Å². The molecule has 120 valence electrons. The Morgan fingerprint density at radius 3 is 2.38 bits per heavy atom. The number of hydrogen-bond donors (Lipinski definition) is 1. The van der Waals surface area contributed by atoms with Crippen molar-refractivity contribution in [1.29, 1.82) is 0 Å². The quantitative estimate of drug-likeness (QED) is 0.715. The number of ether oxygens (including phenoxy) is 3. The third kappa shape index (κ3) is 5.19. The maximum Gasteiger partial charge on any atom is 0.161 e. The van der Waals surface area contributed by atoms with Gasteiger partial charge < -0.3 is 19.5 Å². The topological polar surface area (TPSA) is 43.0 Å². The van der Waals surface area contributed by atoms with E-state index >= 15 is 0 Å². The van der Waals surface area contributed by atoms with Gasteiger partial charge in [-0.15, -0.1) is 0 Å². The van der Waals surface area contributed by atoms with Crippen LogP contribution < -0.4 is 14.8 Å². The summed E-state index contributed by atoms with van der Waals surface area (Å²) < 4.78 is 15.8. The van der Waals surface area contributed by atoms with Crippen LogP contribution in [-0.4, -0.2) is 59.5 Å². The molecule has 0 amide bonds. The number of hydrogen-bond acceptors (Lipinski definition) is 5. The summed E-state index contributed by atoms with van der Waals surface area (Å²) in [6, 6.07) is 6.29. The van der Waals surface area contributed by atoms with E-state index in [1.54, 1.807) is 21.3 Å². The van der Waals surface area contributed by atoms with Crippen molar-refractivity contribution in [2.24, 2.45) is 0 Å². The van der Waals surface area contributed by atoms with Gasteiger partial charge in [-0.2, -0.15) is 0 Å². The fourth-order valence-electron chi connectivity index (χ4n) is 2.29. The fourth-order valence-corrected chi connectivity index (χ4v) is 2.29. The molecular formula is C16H28N2O3. The first-order valence-corrected chi connectivity index (χ1v) is 7.30. The van der Waals surface area contributed by atoms with Gasteiger partial charge in [0, 0.05) is 26.2 Å². The minimum atomic E-state index is 0.238. The Morgan fingerprint density at radius 1 is 1.14 bits per heavy atom. The first-order valence-electron chi connectivity index (χ1n) is 7.30. The molecule has 0 aliphatic heterocycles. The molecule has 5 nitrogen and oxygen atoms in total. The number of benzene rings is 1. The highest BCUT2D eigenvalue weighted by Crippen LogP contribution is 2.30. The maximum atomic E-state index is 5.38. The van der Waals surface area contributed by atoms with Crippen molar-refractivity contribution in [3.05, 3.63) is 23.8 Å². The monoisotopic (exact) mass is 296 g/mol. The highest BCUT2D eigenvalue weighted by atomic mass is 16.5. The van der Waals surface area contributed by atoms with Crippen LogP contribution in [0.1, 0.15) is 18.5 Å². The second-order valence-corrected chi connectivity index (χ2v) is 4.84. The van der Waals surface area contributed by atoms with Gasteiger partial charge in [-0.3, -0.25) is 4.90 Å². The average Bonchev–Trinajstić information content (AvgIpc) is 2.54. The molecule has 21 heavy (non-hydrogen) atoms. The van der Waals surface area contributed by atoms with Crippen molar-refractivity contribution in [3.8, 4) is 11.5 Å². The van der Waals surface area contributed by atoms with Crippen molar-refractivity contribution < 1.29 is 14.2 Å². The Bertz CT molecular complexity index is 413. The molecule has 1 N–H and O–H groups in total. The molecule has 1 aromatic rings. The summed E-state index contributed by atoms with van der Waals surface area (Å²) >= 11 is 0. The molecule has 0 saturated carbocycles. The zero-order valence-corrected chi connectivity index (χ0v) is 13.8. The summed E-state index contributed by atoms with van der Waals surface area (Å²) in [5, 5.41) is 3.37. The molecule has 0 radical (unpaired) electrons. The molecule has 1 rings (SSSR count). The van der Waals surface area contributed by atoms with E-state index in [9.17, 15) is 0 Å². The number of nitrogens with zero attached hydrogens (tertiary/aromatic N) is 1. The molecule has 0 fully saturated rings. The SMILES string of the molecule is CCN(CCOC)CC(NC)c1ccc(OC)c(OC)c1. The molecule has 0 saturated heterocycles. The zero-order chi connectivity index (χ0) is 15.7. The van der Waals surface area contributed by atoms with E-state index in [1.165, 1.54) is 5.56 Å². The van der Waals surface area contributed by atoms with Crippen LogP contribution in [0.5, 0.6) is 11.5 Å². The van der Waals surface area contributed by atoms with Gasteiger partial charge in [0.1, 0.15) is 0 Å². The lowest BCUT2D eigenvalue weighted by atomic mass is 10.1. The summed E-state index contributed by atoms with van der Waals surface area (Å²) in [5.41, 5.74) is 1.19. The minimum Gasteiger partial charge on any atom is -0.493 e. The number of methoxy groups -OCH3 is 3. The molecule has 0 aliphatic rings. The molecule has 0 bridgehead atoms. The van der Waals surface area contributed by atoms with Gasteiger partial charge in [0.25, 0.3) is 0 Å². The van der Waals surface area contributed by atoms with Gasteiger partial charge in [-0.1, -0.05) is 13.0 Å². The van der Waals surface area contributed by atoms with Crippen LogP contribution in [0.2, 0.25) is 0 Å².